The molecule has 2 aromatic rings. The zero-order chi connectivity index (χ0) is 21.6. The maximum Gasteiger partial charge on any atom is 0.250 e. The molecule has 5 heteroatoms. The molecule has 3 aliphatic rings. The van der Waals surface area contributed by atoms with Gasteiger partial charge in [-0.25, -0.2) is 0 Å². The molecule has 0 N–H and O–H groups in total. The van der Waals surface area contributed by atoms with Gasteiger partial charge in [0.25, 0.3) is 5.56 Å². The third kappa shape index (κ3) is 3.84. The molecule has 1 aromatic heterocycles. The third-order valence-electron chi connectivity index (χ3n) is 7.55. The number of benzene rings is 1. The van der Waals surface area contributed by atoms with Gasteiger partial charge in [-0.05, 0) is 50.7 Å². The average Bonchev–Trinajstić information content (AvgIpc) is 2.74. The fourth-order valence-corrected chi connectivity index (χ4v) is 6.27. The molecule has 1 amide bonds. The van der Waals surface area contributed by atoms with Crippen LogP contribution in [0.2, 0.25) is 0 Å². The van der Waals surface area contributed by atoms with Gasteiger partial charge in [0.1, 0.15) is 0 Å². The second-order valence-electron chi connectivity index (χ2n) is 10.4. The highest BCUT2D eigenvalue weighted by Gasteiger charge is 2.45. The van der Waals surface area contributed by atoms with E-state index in [-0.39, 0.29) is 28.4 Å². The van der Waals surface area contributed by atoms with E-state index in [0.29, 0.717) is 25.5 Å². The predicted molar refractivity (Wildman–Crippen MR) is 120 cm³/mol. The third-order valence-corrected chi connectivity index (χ3v) is 7.55. The molecule has 0 aliphatic carbocycles. The molecule has 0 unspecified atom stereocenters. The standard InChI is InChI=1S/C26H32N2O3/c1-25(2)18-26(11-12-31-25,21-7-4-3-5-8-21)14-24(30)27-15-19-13-20(17-27)22-9-6-10-23(29)28(22)16-19/h3-10,19-20H,11-18H2,1-2H3/t19-,20+,26+/m1/s1. The van der Waals surface area contributed by atoms with Crippen molar-refractivity contribution in [1.82, 2.24) is 9.47 Å². The number of ether oxygens (including phenoxy) is 1. The van der Waals surface area contributed by atoms with Crippen LogP contribution in [-0.2, 0) is 21.5 Å². The van der Waals surface area contributed by atoms with Gasteiger partial charge in [-0.15, -0.1) is 0 Å². The molecule has 2 bridgehead atoms. The van der Waals surface area contributed by atoms with Gasteiger partial charge in [0.15, 0.2) is 0 Å². The lowest BCUT2D eigenvalue weighted by Gasteiger charge is -2.47. The van der Waals surface area contributed by atoms with Crippen LogP contribution in [-0.4, -0.2) is 40.7 Å². The molecular weight excluding hydrogens is 388 g/mol. The first-order chi connectivity index (χ1) is 14.9. The Morgan fingerprint density at radius 3 is 2.65 bits per heavy atom. The number of nitrogens with zero attached hydrogens (tertiary/aromatic N) is 2. The normalized spacial score (nSPS) is 29.3. The van der Waals surface area contributed by atoms with Crippen LogP contribution in [0.15, 0.2) is 53.3 Å². The number of aromatic nitrogens is 1. The predicted octanol–water partition coefficient (Wildman–Crippen LogP) is 3.71. The Hall–Kier alpha value is -2.40. The summed E-state index contributed by atoms with van der Waals surface area (Å²) < 4.78 is 7.95. The second kappa shape index (κ2) is 7.63. The van der Waals surface area contributed by atoms with Crippen molar-refractivity contribution in [3.05, 3.63) is 70.1 Å². The Morgan fingerprint density at radius 1 is 1.06 bits per heavy atom. The van der Waals surface area contributed by atoms with E-state index in [1.807, 2.05) is 16.7 Å². The van der Waals surface area contributed by atoms with Crippen molar-refractivity contribution >= 4 is 5.91 Å². The Kier molecular flexibility index (Phi) is 5.04. The molecule has 5 nitrogen and oxygen atoms in total. The number of carbonyl (C=O) groups is 1. The van der Waals surface area contributed by atoms with Crippen LogP contribution in [0.5, 0.6) is 0 Å². The van der Waals surface area contributed by atoms with Crippen LogP contribution in [0.3, 0.4) is 0 Å². The first-order valence-electron chi connectivity index (χ1n) is 11.5. The summed E-state index contributed by atoms with van der Waals surface area (Å²) in [6, 6.07) is 16.1. The van der Waals surface area contributed by atoms with Crippen molar-refractivity contribution in [1.29, 1.82) is 0 Å². The van der Waals surface area contributed by atoms with Gasteiger partial charge >= 0.3 is 0 Å². The van der Waals surface area contributed by atoms with E-state index in [2.05, 4.69) is 49.1 Å². The molecule has 2 fully saturated rings. The van der Waals surface area contributed by atoms with E-state index in [9.17, 15) is 9.59 Å². The maximum absolute atomic E-state index is 13.7. The molecule has 1 aromatic carbocycles. The highest BCUT2D eigenvalue weighted by atomic mass is 16.5. The molecule has 5 rings (SSSR count). The van der Waals surface area contributed by atoms with Crippen molar-refractivity contribution in [2.24, 2.45) is 5.92 Å². The molecule has 0 radical (unpaired) electrons. The molecule has 0 saturated carbocycles. The summed E-state index contributed by atoms with van der Waals surface area (Å²) in [4.78, 5) is 28.1. The summed E-state index contributed by atoms with van der Waals surface area (Å²) in [6.45, 7) is 7.13. The van der Waals surface area contributed by atoms with Crippen molar-refractivity contribution in [2.45, 2.75) is 63.0 Å². The molecule has 2 saturated heterocycles. The molecule has 4 heterocycles. The van der Waals surface area contributed by atoms with Crippen molar-refractivity contribution in [3.63, 3.8) is 0 Å². The van der Waals surface area contributed by atoms with Gasteiger partial charge in [-0.1, -0.05) is 36.4 Å². The molecule has 31 heavy (non-hydrogen) atoms. The summed E-state index contributed by atoms with van der Waals surface area (Å²) in [5.41, 5.74) is 1.98. The van der Waals surface area contributed by atoms with E-state index in [4.69, 9.17) is 4.74 Å². The summed E-state index contributed by atoms with van der Waals surface area (Å²) in [5, 5.41) is 0. The van der Waals surface area contributed by atoms with Crippen LogP contribution in [0.1, 0.15) is 56.7 Å². The van der Waals surface area contributed by atoms with Gasteiger partial charge in [0.2, 0.25) is 5.91 Å². The molecular formula is C26H32N2O3. The monoisotopic (exact) mass is 420 g/mol. The van der Waals surface area contributed by atoms with Crippen LogP contribution >= 0.6 is 0 Å². The molecule has 3 atom stereocenters. The van der Waals surface area contributed by atoms with E-state index in [1.54, 1.807) is 6.07 Å². The van der Waals surface area contributed by atoms with Crippen molar-refractivity contribution in [2.75, 3.05) is 19.7 Å². The second-order valence-corrected chi connectivity index (χ2v) is 10.4. The average molecular weight is 421 g/mol. The SMILES string of the molecule is CC1(C)C[C@](CC(=O)N2C[C@H]3C[C@@H](C2)c2cccc(=O)n2C3)(c2ccccc2)CCO1. The lowest BCUT2D eigenvalue weighted by molar-refractivity contribution is -0.139. The molecule has 3 aliphatic heterocycles. The van der Waals surface area contributed by atoms with Gasteiger partial charge in [-0.3, -0.25) is 9.59 Å². The topological polar surface area (TPSA) is 51.5 Å². The van der Waals surface area contributed by atoms with Crippen molar-refractivity contribution in [3.8, 4) is 0 Å². The number of hydrogen-bond acceptors (Lipinski definition) is 3. The zero-order valence-corrected chi connectivity index (χ0v) is 18.5. The van der Waals surface area contributed by atoms with Crippen LogP contribution in [0.4, 0.5) is 0 Å². The molecule has 0 spiro atoms. The lowest BCUT2D eigenvalue weighted by Crippen LogP contribution is -2.52. The number of fused-ring (bicyclic) bond motifs is 4. The Morgan fingerprint density at radius 2 is 1.87 bits per heavy atom. The lowest BCUT2D eigenvalue weighted by atomic mass is 9.67. The number of piperidine rings is 1. The minimum Gasteiger partial charge on any atom is -0.376 e. The zero-order valence-electron chi connectivity index (χ0n) is 18.5. The minimum atomic E-state index is -0.243. The fraction of sp³-hybridized carbons (Fsp3) is 0.538. The van der Waals surface area contributed by atoms with Crippen molar-refractivity contribution < 1.29 is 9.53 Å². The number of pyridine rings is 1. The summed E-state index contributed by atoms with van der Waals surface area (Å²) in [7, 11) is 0. The minimum absolute atomic E-state index is 0.0828. The smallest absolute Gasteiger partial charge is 0.250 e. The largest absolute Gasteiger partial charge is 0.376 e. The number of hydrogen-bond donors (Lipinski definition) is 0. The quantitative estimate of drug-likeness (QED) is 0.761. The number of likely N-dealkylation sites (tertiary alicyclic amines) is 1. The van der Waals surface area contributed by atoms with E-state index in [0.717, 1.165) is 38.0 Å². The Labute approximate surface area is 184 Å². The highest BCUT2D eigenvalue weighted by Crippen LogP contribution is 2.45. The van der Waals surface area contributed by atoms with Gasteiger partial charge in [-0.2, -0.15) is 0 Å². The van der Waals surface area contributed by atoms with E-state index >= 15 is 0 Å². The van der Waals surface area contributed by atoms with E-state index in [1.165, 1.54) is 5.56 Å². The van der Waals surface area contributed by atoms with Crippen LogP contribution in [0.25, 0.3) is 0 Å². The highest BCUT2D eigenvalue weighted by molar-refractivity contribution is 5.78. The van der Waals surface area contributed by atoms with Crippen LogP contribution in [0, 0.1) is 5.92 Å². The summed E-state index contributed by atoms with van der Waals surface area (Å²) >= 11 is 0. The van der Waals surface area contributed by atoms with Crippen LogP contribution < -0.4 is 5.56 Å². The van der Waals surface area contributed by atoms with Gasteiger partial charge in [0, 0.05) is 55.8 Å². The summed E-state index contributed by atoms with van der Waals surface area (Å²) in [5.74, 6) is 0.848. The van der Waals surface area contributed by atoms with Gasteiger partial charge in [0.05, 0.1) is 5.60 Å². The number of rotatable bonds is 3. The number of amides is 1. The Balaban J connectivity index is 1.40. The first-order valence-corrected chi connectivity index (χ1v) is 11.5. The Bertz CT molecular complexity index is 1030. The van der Waals surface area contributed by atoms with Gasteiger partial charge < -0.3 is 14.2 Å². The number of carbonyl (C=O) groups excluding carboxylic acids is 1. The fourth-order valence-electron chi connectivity index (χ4n) is 6.27. The first kappa shape index (κ1) is 20.5. The summed E-state index contributed by atoms with van der Waals surface area (Å²) in [6.07, 6.45) is 3.29. The molecule has 164 valence electrons. The maximum atomic E-state index is 13.7. The van der Waals surface area contributed by atoms with E-state index < -0.39 is 0 Å².